The van der Waals surface area contributed by atoms with Crippen molar-refractivity contribution in [2.45, 2.75) is 40.3 Å². The summed E-state index contributed by atoms with van der Waals surface area (Å²) < 4.78 is 2.10. The molecule has 0 fully saturated rings. The van der Waals surface area contributed by atoms with Crippen LogP contribution >= 0.6 is 11.8 Å². The second-order valence-corrected chi connectivity index (χ2v) is 5.96. The summed E-state index contributed by atoms with van der Waals surface area (Å²) in [5.41, 5.74) is 2.37. The molecule has 0 aromatic carbocycles. The maximum absolute atomic E-state index is 4.49. The van der Waals surface area contributed by atoms with Crippen LogP contribution in [0.5, 0.6) is 0 Å². The molecule has 0 bridgehead atoms. The fourth-order valence-electron chi connectivity index (χ4n) is 1.79. The van der Waals surface area contributed by atoms with Crippen molar-refractivity contribution in [3.05, 3.63) is 17.5 Å². The average Bonchev–Trinajstić information content (AvgIpc) is 2.61. The third kappa shape index (κ3) is 4.72. The highest BCUT2D eigenvalue weighted by molar-refractivity contribution is 7.99. The van der Waals surface area contributed by atoms with Crippen molar-refractivity contribution in [3.63, 3.8) is 0 Å². The largest absolute Gasteiger partial charge is 0.301 e. The van der Waals surface area contributed by atoms with Crippen molar-refractivity contribution < 1.29 is 0 Å². The second kappa shape index (κ2) is 7.07. The molecule has 0 amide bonds. The molecule has 0 aliphatic heterocycles. The molecule has 0 saturated heterocycles. The van der Waals surface area contributed by atoms with Gasteiger partial charge in [-0.15, -0.1) is 0 Å². The normalized spacial score (nSPS) is 13.3. The van der Waals surface area contributed by atoms with Crippen LogP contribution in [-0.4, -0.2) is 45.8 Å². The standard InChI is InChI=1S/C13H25N3S/c1-6-17-10-13(4)15(5)7-8-16-12(3)9-11(2)14-16/h9,13H,6-8,10H2,1-5H3. The van der Waals surface area contributed by atoms with Gasteiger partial charge in [-0.3, -0.25) is 4.68 Å². The minimum Gasteiger partial charge on any atom is -0.301 e. The van der Waals surface area contributed by atoms with E-state index in [2.05, 4.69) is 48.6 Å². The van der Waals surface area contributed by atoms with Crippen LogP contribution in [0.25, 0.3) is 0 Å². The quantitative estimate of drug-likeness (QED) is 0.747. The minimum atomic E-state index is 0.636. The molecule has 1 rings (SSSR count). The van der Waals surface area contributed by atoms with Crippen molar-refractivity contribution in [2.24, 2.45) is 0 Å². The third-order valence-corrected chi connectivity index (χ3v) is 4.21. The summed E-state index contributed by atoms with van der Waals surface area (Å²) in [5, 5.41) is 4.49. The monoisotopic (exact) mass is 255 g/mol. The predicted octanol–water partition coefficient (Wildman–Crippen LogP) is 2.57. The van der Waals surface area contributed by atoms with E-state index in [9.17, 15) is 0 Å². The molecule has 17 heavy (non-hydrogen) atoms. The highest BCUT2D eigenvalue weighted by Gasteiger charge is 2.09. The van der Waals surface area contributed by atoms with E-state index >= 15 is 0 Å². The van der Waals surface area contributed by atoms with Crippen LogP contribution in [-0.2, 0) is 6.54 Å². The van der Waals surface area contributed by atoms with Crippen molar-refractivity contribution in [2.75, 3.05) is 25.1 Å². The molecule has 0 radical (unpaired) electrons. The van der Waals surface area contributed by atoms with E-state index in [0.717, 1.165) is 18.8 Å². The maximum atomic E-state index is 4.49. The SMILES string of the molecule is CCSCC(C)N(C)CCn1nc(C)cc1C. The van der Waals surface area contributed by atoms with Gasteiger partial charge >= 0.3 is 0 Å². The van der Waals surface area contributed by atoms with Crippen LogP contribution in [0.2, 0.25) is 0 Å². The Morgan fingerprint density at radius 1 is 1.47 bits per heavy atom. The van der Waals surface area contributed by atoms with Crippen LogP contribution in [0.15, 0.2) is 6.07 Å². The number of aryl methyl sites for hydroxylation is 2. The fourth-order valence-corrected chi connectivity index (χ4v) is 2.62. The molecule has 4 heteroatoms. The molecular weight excluding hydrogens is 230 g/mol. The summed E-state index contributed by atoms with van der Waals surface area (Å²) in [6.07, 6.45) is 0. The third-order valence-electron chi connectivity index (χ3n) is 3.08. The van der Waals surface area contributed by atoms with Crippen molar-refractivity contribution in [1.29, 1.82) is 0 Å². The number of rotatable bonds is 7. The molecule has 1 aromatic rings. The molecule has 98 valence electrons. The van der Waals surface area contributed by atoms with Gasteiger partial charge in [0.15, 0.2) is 0 Å². The van der Waals surface area contributed by atoms with Gasteiger partial charge in [0.2, 0.25) is 0 Å². The van der Waals surface area contributed by atoms with Gasteiger partial charge in [-0.05, 0) is 39.6 Å². The van der Waals surface area contributed by atoms with Gasteiger partial charge in [-0.25, -0.2) is 0 Å². The van der Waals surface area contributed by atoms with Crippen LogP contribution < -0.4 is 0 Å². The smallest absolute Gasteiger partial charge is 0.0596 e. The first-order chi connectivity index (χ1) is 8.04. The van der Waals surface area contributed by atoms with E-state index in [0.29, 0.717) is 6.04 Å². The summed E-state index contributed by atoms with van der Waals surface area (Å²) in [6, 6.07) is 2.77. The molecule has 0 aliphatic rings. The van der Waals surface area contributed by atoms with Crippen LogP contribution in [0.4, 0.5) is 0 Å². The Morgan fingerprint density at radius 3 is 2.71 bits per heavy atom. The lowest BCUT2D eigenvalue weighted by molar-refractivity contribution is 0.261. The first kappa shape index (κ1) is 14.6. The van der Waals surface area contributed by atoms with Gasteiger partial charge in [0.1, 0.15) is 0 Å². The zero-order valence-corrected chi connectivity index (χ0v) is 12.5. The van der Waals surface area contributed by atoms with E-state index < -0.39 is 0 Å². The van der Waals surface area contributed by atoms with Crippen molar-refractivity contribution in [3.8, 4) is 0 Å². The fraction of sp³-hybridized carbons (Fsp3) is 0.769. The van der Waals surface area contributed by atoms with Gasteiger partial charge in [0.25, 0.3) is 0 Å². The van der Waals surface area contributed by atoms with Crippen molar-refractivity contribution in [1.82, 2.24) is 14.7 Å². The van der Waals surface area contributed by atoms with Gasteiger partial charge in [-0.1, -0.05) is 6.92 Å². The lowest BCUT2D eigenvalue weighted by Gasteiger charge is -2.24. The summed E-state index contributed by atoms with van der Waals surface area (Å²) in [6.45, 7) is 10.7. The van der Waals surface area contributed by atoms with Gasteiger partial charge in [0.05, 0.1) is 12.2 Å². The first-order valence-electron chi connectivity index (χ1n) is 6.33. The first-order valence-corrected chi connectivity index (χ1v) is 7.49. The van der Waals surface area contributed by atoms with E-state index in [1.807, 2.05) is 18.7 Å². The Bertz CT molecular complexity index is 335. The Balaban J connectivity index is 2.37. The lowest BCUT2D eigenvalue weighted by Crippen LogP contribution is -2.34. The number of hydrogen-bond acceptors (Lipinski definition) is 3. The molecule has 0 aliphatic carbocycles. The van der Waals surface area contributed by atoms with E-state index in [1.165, 1.54) is 17.2 Å². The zero-order chi connectivity index (χ0) is 12.8. The van der Waals surface area contributed by atoms with E-state index in [1.54, 1.807) is 0 Å². The summed E-state index contributed by atoms with van der Waals surface area (Å²) in [5.74, 6) is 2.42. The van der Waals surface area contributed by atoms with Crippen molar-refractivity contribution >= 4 is 11.8 Å². The number of nitrogens with zero attached hydrogens (tertiary/aromatic N) is 3. The summed E-state index contributed by atoms with van der Waals surface area (Å²) >= 11 is 2.01. The van der Waals surface area contributed by atoms with E-state index in [4.69, 9.17) is 0 Å². The zero-order valence-electron chi connectivity index (χ0n) is 11.7. The predicted molar refractivity (Wildman–Crippen MR) is 76.8 cm³/mol. The maximum Gasteiger partial charge on any atom is 0.0596 e. The highest BCUT2D eigenvalue weighted by atomic mass is 32.2. The molecule has 3 nitrogen and oxygen atoms in total. The molecule has 1 atom stereocenters. The molecule has 1 aromatic heterocycles. The van der Waals surface area contributed by atoms with E-state index in [-0.39, 0.29) is 0 Å². The molecule has 0 spiro atoms. The number of likely N-dealkylation sites (N-methyl/N-ethyl adjacent to an activating group) is 1. The van der Waals surface area contributed by atoms with Crippen LogP contribution in [0.1, 0.15) is 25.2 Å². The molecule has 1 unspecified atom stereocenters. The van der Waals surface area contributed by atoms with Crippen LogP contribution in [0.3, 0.4) is 0 Å². The minimum absolute atomic E-state index is 0.636. The number of thioether (sulfide) groups is 1. The van der Waals surface area contributed by atoms with Crippen LogP contribution in [0, 0.1) is 13.8 Å². The van der Waals surface area contributed by atoms with Gasteiger partial charge in [-0.2, -0.15) is 16.9 Å². The molecular formula is C13H25N3S. The van der Waals surface area contributed by atoms with Gasteiger partial charge < -0.3 is 4.90 Å². The Kier molecular flexibility index (Phi) is 6.06. The molecule has 0 N–H and O–H groups in total. The van der Waals surface area contributed by atoms with Gasteiger partial charge in [0, 0.05) is 24.0 Å². The second-order valence-electron chi connectivity index (χ2n) is 4.64. The lowest BCUT2D eigenvalue weighted by atomic mass is 10.3. The highest BCUT2D eigenvalue weighted by Crippen LogP contribution is 2.07. The number of aromatic nitrogens is 2. The molecule has 0 saturated carbocycles. The average molecular weight is 255 g/mol. The Hall–Kier alpha value is -0.480. The topological polar surface area (TPSA) is 21.1 Å². The molecule has 1 heterocycles. The summed E-state index contributed by atoms with van der Waals surface area (Å²) in [4.78, 5) is 2.42. The Morgan fingerprint density at radius 2 is 2.18 bits per heavy atom. The number of hydrogen-bond donors (Lipinski definition) is 0. The summed E-state index contributed by atoms with van der Waals surface area (Å²) in [7, 11) is 2.20. The Labute approximate surface area is 110 Å².